The van der Waals surface area contributed by atoms with Crippen LogP contribution in [0.4, 0.5) is 0 Å². The van der Waals surface area contributed by atoms with Gasteiger partial charge < -0.3 is 5.11 Å². The van der Waals surface area contributed by atoms with Gasteiger partial charge in [-0.05, 0) is 36.1 Å². The molecule has 0 aromatic heterocycles. The van der Waals surface area contributed by atoms with E-state index in [4.69, 9.17) is 0 Å². The van der Waals surface area contributed by atoms with E-state index in [1.807, 2.05) is 72.8 Å². The lowest BCUT2D eigenvalue weighted by atomic mass is 9.95. The Hall–Kier alpha value is -2.69. The molecule has 4 heteroatoms. The van der Waals surface area contributed by atoms with Crippen LogP contribution in [0.3, 0.4) is 0 Å². The first-order valence-electron chi connectivity index (χ1n) is 9.23. The molecule has 0 fully saturated rings. The van der Waals surface area contributed by atoms with Crippen molar-refractivity contribution in [3.8, 4) is 0 Å². The third kappa shape index (κ3) is 4.41. The summed E-state index contributed by atoms with van der Waals surface area (Å²) in [5, 5.41) is 10.3. The molecule has 144 valence electrons. The second kappa shape index (κ2) is 9.00. The predicted molar refractivity (Wildman–Crippen MR) is 114 cm³/mol. The first kappa shape index (κ1) is 20.1. The lowest BCUT2D eigenvalue weighted by Gasteiger charge is -2.31. The molecule has 0 saturated heterocycles. The van der Waals surface area contributed by atoms with Gasteiger partial charge in [0, 0.05) is 0 Å². The van der Waals surface area contributed by atoms with Gasteiger partial charge >= 0.3 is 0 Å². The molecule has 0 amide bonds. The molecule has 28 heavy (non-hydrogen) atoms. The monoisotopic (exact) mass is 392 g/mol. The third-order valence-corrected chi connectivity index (χ3v) is 7.35. The summed E-state index contributed by atoms with van der Waals surface area (Å²) in [6.07, 6.45) is 4.19. The van der Waals surface area contributed by atoms with E-state index < -0.39 is 21.2 Å². The van der Waals surface area contributed by atoms with Crippen LogP contribution in [0.25, 0.3) is 6.08 Å². The highest BCUT2D eigenvalue weighted by molar-refractivity contribution is 7.92. The highest BCUT2D eigenvalue weighted by Crippen LogP contribution is 2.33. The number of aliphatic hydroxyl groups is 1. The highest BCUT2D eigenvalue weighted by Gasteiger charge is 2.43. The quantitative estimate of drug-likeness (QED) is 0.612. The van der Waals surface area contributed by atoms with Gasteiger partial charge in [0.2, 0.25) is 0 Å². The van der Waals surface area contributed by atoms with Gasteiger partial charge in [0.25, 0.3) is 0 Å². The minimum absolute atomic E-state index is 0.213. The SMILES string of the molecule is O=S(=O)(c1ccccc1)C(CO)(C/C=C/c1ccccc1)Cc1ccccc1. The van der Waals surface area contributed by atoms with Crippen molar-refractivity contribution in [2.24, 2.45) is 0 Å². The number of allylic oxidation sites excluding steroid dienone is 1. The molecule has 0 bridgehead atoms. The van der Waals surface area contributed by atoms with E-state index in [0.717, 1.165) is 11.1 Å². The number of benzene rings is 3. The van der Waals surface area contributed by atoms with Gasteiger partial charge in [0.1, 0.15) is 4.75 Å². The van der Waals surface area contributed by atoms with Gasteiger partial charge in [-0.1, -0.05) is 91.0 Å². The maximum Gasteiger partial charge on any atom is 0.186 e. The lowest BCUT2D eigenvalue weighted by molar-refractivity contribution is 0.239. The van der Waals surface area contributed by atoms with Gasteiger partial charge in [0.05, 0.1) is 11.5 Å². The van der Waals surface area contributed by atoms with Crippen molar-refractivity contribution in [2.45, 2.75) is 22.5 Å². The predicted octanol–water partition coefficient (Wildman–Crippen LogP) is 4.54. The molecule has 0 aliphatic carbocycles. The molecule has 0 saturated carbocycles. The van der Waals surface area contributed by atoms with Gasteiger partial charge in [-0.15, -0.1) is 0 Å². The van der Waals surface area contributed by atoms with Crippen molar-refractivity contribution >= 4 is 15.9 Å². The van der Waals surface area contributed by atoms with Gasteiger partial charge in [-0.25, -0.2) is 8.42 Å². The van der Waals surface area contributed by atoms with Crippen LogP contribution < -0.4 is 0 Å². The standard InChI is InChI=1S/C24H24O3S/c25-20-24(19-22-13-6-2-7-14-22,18-10-15-21-11-4-1-5-12-21)28(26,27)23-16-8-3-9-17-23/h1-17,25H,18-20H2/b15-10+. The Kier molecular flexibility index (Phi) is 6.45. The zero-order valence-corrected chi connectivity index (χ0v) is 16.4. The van der Waals surface area contributed by atoms with Crippen molar-refractivity contribution in [3.05, 3.63) is 108 Å². The Labute approximate surface area is 166 Å². The van der Waals surface area contributed by atoms with Crippen LogP contribution in [0, 0.1) is 0 Å². The Morgan fingerprint density at radius 3 is 1.89 bits per heavy atom. The molecule has 3 rings (SSSR count). The maximum atomic E-state index is 13.5. The Morgan fingerprint density at radius 1 is 0.786 bits per heavy atom. The van der Waals surface area contributed by atoms with E-state index in [1.165, 1.54) is 0 Å². The Morgan fingerprint density at radius 2 is 1.32 bits per heavy atom. The average Bonchev–Trinajstić information content (AvgIpc) is 2.75. The maximum absolute atomic E-state index is 13.5. The Bertz CT molecular complexity index is 997. The fourth-order valence-electron chi connectivity index (χ4n) is 3.27. The first-order chi connectivity index (χ1) is 13.6. The zero-order valence-electron chi connectivity index (χ0n) is 15.6. The van der Waals surface area contributed by atoms with Crippen LogP contribution in [-0.4, -0.2) is 24.9 Å². The lowest BCUT2D eigenvalue weighted by Crippen LogP contribution is -2.44. The second-order valence-electron chi connectivity index (χ2n) is 6.84. The number of aliphatic hydroxyl groups excluding tert-OH is 1. The topological polar surface area (TPSA) is 54.4 Å². The molecule has 0 aliphatic rings. The zero-order chi connectivity index (χ0) is 19.9. The van der Waals surface area contributed by atoms with Crippen molar-refractivity contribution in [2.75, 3.05) is 6.61 Å². The summed E-state index contributed by atoms with van der Waals surface area (Å²) in [6.45, 7) is -0.460. The van der Waals surface area contributed by atoms with Gasteiger partial charge in [-0.3, -0.25) is 0 Å². The number of hydrogen-bond acceptors (Lipinski definition) is 3. The molecule has 0 spiro atoms. The minimum atomic E-state index is -3.77. The molecule has 0 radical (unpaired) electrons. The summed E-state index contributed by atoms with van der Waals surface area (Å²) in [4.78, 5) is 0.230. The Balaban J connectivity index is 2.00. The number of hydrogen-bond donors (Lipinski definition) is 1. The van der Waals surface area contributed by atoms with Crippen molar-refractivity contribution in [1.82, 2.24) is 0 Å². The van der Waals surface area contributed by atoms with Crippen LogP contribution in [0.15, 0.2) is 102 Å². The van der Waals surface area contributed by atoms with E-state index in [-0.39, 0.29) is 17.7 Å². The fraction of sp³-hybridized carbons (Fsp3) is 0.167. The molecular formula is C24H24O3S. The molecule has 1 N–H and O–H groups in total. The summed E-state index contributed by atoms with van der Waals surface area (Å²) < 4.78 is 25.7. The van der Waals surface area contributed by atoms with E-state index in [1.54, 1.807) is 30.3 Å². The van der Waals surface area contributed by atoms with E-state index in [9.17, 15) is 13.5 Å². The van der Waals surface area contributed by atoms with Crippen molar-refractivity contribution < 1.29 is 13.5 Å². The molecular weight excluding hydrogens is 368 g/mol. The summed E-state index contributed by atoms with van der Waals surface area (Å²) in [5.74, 6) is 0. The number of sulfone groups is 1. The molecule has 1 unspecified atom stereocenters. The van der Waals surface area contributed by atoms with Crippen LogP contribution >= 0.6 is 0 Å². The second-order valence-corrected chi connectivity index (χ2v) is 9.18. The van der Waals surface area contributed by atoms with E-state index >= 15 is 0 Å². The average molecular weight is 393 g/mol. The molecule has 0 heterocycles. The molecule has 3 aromatic carbocycles. The summed E-state index contributed by atoms with van der Waals surface area (Å²) in [5.41, 5.74) is 1.87. The van der Waals surface area contributed by atoms with Crippen molar-refractivity contribution in [3.63, 3.8) is 0 Å². The molecule has 3 aromatic rings. The first-order valence-corrected chi connectivity index (χ1v) is 10.7. The largest absolute Gasteiger partial charge is 0.395 e. The number of rotatable bonds is 8. The highest BCUT2D eigenvalue weighted by atomic mass is 32.2. The summed E-state index contributed by atoms with van der Waals surface area (Å²) >= 11 is 0. The van der Waals surface area contributed by atoms with Gasteiger partial charge in [-0.2, -0.15) is 0 Å². The van der Waals surface area contributed by atoms with Crippen molar-refractivity contribution in [1.29, 1.82) is 0 Å². The fourth-order valence-corrected chi connectivity index (χ4v) is 5.13. The summed E-state index contributed by atoms with van der Waals surface area (Å²) in [6, 6.07) is 27.5. The summed E-state index contributed by atoms with van der Waals surface area (Å²) in [7, 11) is -3.77. The minimum Gasteiger partial charge on any atom is -0.395 e. The molecule has 1 atom stereocenters. The van der Waals surface area contributed by atoms with E-state index in [0.29, 0.717) is 0 Å². The van der Waals surface area contributed by atoms with Crippen LogP contribution in [0.2, 0.25) is 0 Å². The van der Waals surface area contributed by atoms with Crippen LogP contribution in [0.1, 0.15) is 17.5 Å². The van der Waals surface area contributed by atoms with Gasteiger partial charge in [0.15, 0.2) is 9.84 Å². The van der Waals surface area contributed by atoms with E-state index in [2.05, 4.69) is 0 Å². The normalized spacial score (nSPS) is 14.0. The van der Waals surface area contributed by atoms with Crippen LogP contribution in [0.5, 0.6) is 0 Å². The van der Waals surface area contributed by atoms with Crippen LogP contribution in [-0.2, 0) is 16.3 Å². The smallest absolute Gasteiger partial charge is 0.186 e. The third-order valence-electron chi connectivity index (χ3n) is 4.88. The molecule has 0 aliphatic heterocycles. The molecule has 3 nitrogen and oxygen atoms in total.